The van der Waals surface area contributed by atoms with Gasteiger partial charge in [-0.05, 0) is 45.4 Å². The summed E-state index contributed by atoms with van der Waals surface area (Å²) in [6, 6.07) is 7.19. The standard InChI is InChI=1S/C24H28N4O5/c1-15-10-19-20(13-26(15)23(31)33-24(2,3)4)28-21(17(14-29)11-25-28)27(22(19)30)12-16-6-8-18(32-5)9-7-16/h6-9,11,14-15H,10,12-13H2,1-5H3. The topological polar surface area (TPSA) is 95.1 Å². The maximum Gasteiger partial charge on any atom is 0.410 e. The number of carbonyl (C=O) groups excluding carboxylic acids is 2. The zero-order valence-electron chi connectivity index (χ0n) is 19.5. The lowest BCUT2D eigenvalue weighted by atomic mass is 10.00. The average molecular weight is 453 g/mol. The van der Waals surface area contributed by atoms with Crippen LogP contribution in [0.4, 0.5) is 4.79 Å². The molecule has 0 saturated carbocycles. The number of rotatable bonds is 4. The van der Waals surface area contributed by atoms with Gasteiger partial charge in [-0.25, -0.2) is 9.31 Å². The highest BCUT2D eigenvalue weighted by atomic mass is 16.6. The van der Waals surface area contributed by atoms with Crippen molar-refractivity contribution in [1.82, 2.24) is 19.1 Å². The van der Waals surface area contributed by atoms with Gasteiger partial charge in [0.2, 0.25) is 0 Å². The summed E-state index contributed by atoms with van der Waals surface area (Å²) in [7, 11) is 1.59. The molecular formula is C24H28N4O5. The lowest BCUT2D eigenvalue weighted by Crippen LogP contribution is -2.48. The van der Waals surface area contributed by atoms with Crippen LogP contribution in [0.15, 0.2) is 35.3 Å². The second kappa shape index (κ2) is 8.38. The molecular weight excluding hydrogens is 424 g/mol. The van der Waals surface area contributed by atoms with Crippen LogP contribution >= 0.6 is 0 Å². The Labute approximate surface area is 191 Å². The number of hydrogen-bond acceptors (Lipinski definition) is 6. The summed E-state index contributed by atoms with van der Waals surface area (Å²) < 4.78 is 14.0. The minimum Gasteiger partial charge on any atom is -0.497 e. The van der Waals surface area contributed by atoms with Gasteiger partial charge in [-0.1, -0.05) is 12.1 Å². The van der Waals surface area contributed by atoms with Crippen LogP contribution in [0, 0.1) is 0 Å². The smallest absolute Gasteiger partial charge is 0.410 e. The fourth-order valence-electron chi connectivity index (χ4n) is 4.13. The van der Waals surface area contributed by atoms with Gasteiger partial charge in [-0.2, -0.15) is 5.10 Å². The van der Waals surface area contributed by atoms with Gasteiger partial charge in [0.15, 0.2) is 6.29 Å². The van der Waals surface area contributed by atoms with E-state index < -0.39 is 11.7 Å². The first-order chi connectivity index (χ1) is 15.6. The number of methoxy groups -OCH3 is 1. The summed E-state index contributed by atoms with van der Waals surface area (Å²) in [6.07, 6.45) is 2.06. The molecule has 33 heavy (non-hydrogen) atoms. The summed E-state index contributed by atoms with van der Waals surface area (Å²) in [6.45, 7) is 7.77. The van der Waals surface area contributed by atoms with Gasteiger partial charge in [0.05, 0.1) is 37.7 Å². The number of ether oxygens (including phenoxy) is 2. The van der Waals surface area contributed by atoms with Gasteiger partial charge < -0.3 is 9.47 Å². The van der Waals surface area contributed by atoms with Crippen LogP contribution in [-0.4, -0.2) is 50.2 Å². The van der Waals surface area contributed by atoms with E-state index >= 15 is 0 Å². The molecule has 1 amide bonds. The van der Waals surface area contributed by atoms with Gasteiger partial charge in [0.1, 0.15) is 17.0 Å². The molecule has 0 N–H and O–H groups in total. The highest BCUT2D eigenvalue weighted by molar-refractivity contribution is 5.84. The number of aldehydes is 1. The van der Waals surface area contributed by atoms with Crippen molar-refractivity contribution in [3.05, 3.63) is 63.2 Å². The van der Waals surface area contributed by atoms with E-state index in [0.717, 1.165) is 11.3 Å². The Bertz CT molecular complexity index is 1270. The number of fused-ring (bicyclic) bond motifs is 3. The Kier molecular flexibility index (Phi) is 5.73. The number of amides is 1. The molecule has 1 unspecified atom stereocenters. The molecule has 0 bridgehead atoms. The molecule has 1 aliphatic heterocycles. The molecule has 9 heteroatoms. The summed E-state index contributed by atoms with van der Waals surface area (Å²) >= 11 is 0. The summed E-state index contributed by atoms with van der Waals surface area (Å²) in [5.74, 6) is 0.718. The van der Waals surface area contributed by atoms with E-state index in [9.17, 15) is 14.4 Å². The van der Waals surface area contributed by atoms with Gasteiger partial charge in [-0.3, -0.25) is 19.1 Å². The van der Waals surface area contributed by atoms with Crippen LogP contribution in [0.3, 0.4) is 0 Å². The van der Waals surface area contributed by atoms with Gasteiger partial charge in [-0.15, -0.1) is 0 Å². The molecule has 0 aliphatic carbocycles. The van der Waals surface area contributed by atoms with Crippen LogP contribution in [0.5, 0.6) is 5.75 Å². The first kappa shape index (κ1) is 22.6. The molecule has 3 aromatic rings. The SMILES string of the molecule is COc1ccc(Cn2c(=O)c3c(n4ncc(C=O)c24)CN(C(=O)OC(C)(C)C)C(C)C3)cc1. The lowest BCUT2D eigenvalue weighted by molar-refractivity contribution is 0.0131. The van der Waals surface area contributed by atoms with E-state index in [1.54, 1.807) is 21.1 Å². The predicted octanol–water partition coefficient (Wildman–Crippen LogP) is 3.05. The lowest BCUT2D eigenvalue weighted by Gasteiger charge is -2.36. The zero-order chi connectivity index (χ0) is 23.9. The van der Waals surface area contributed by atoms with Crippen molar-refractivity contribution in [2.45, 2.75) is 58.8 Å². The maximum absolute atomic E-state index is 13.6. The van der Waals surface area contributed by atoms with E-state index in [0.29, 0.717) is 35.2 Å². The molecule has 4 rings (SSSR count). The number of aromatic nitrogens is 3. The van der Waals surface area contributed by atoms with Crippen molar-refractivity contribution in [1.29, 1.82) is 0 Å². The van der Waals surface area contributed by atoms with Gasteiger partial charge in [0.25, 0.3) is 5.56 Å². The Hall–Kier alpha value is -3.62. The highest BCUT2D eigenvalue weighted by Gasteiger charge is 2.34. The van der Waals surface area contributed by atoms with Crippen LogP contribution < -0.4 is 10.3 Å². The molecule has 1 aromatic carbocycles. The van der Waals surface area contributed by atoms with E-state index in [4.69, 9.17) is 9.47 Å². The number of nitrogens with zero attached hydrogens (tertiary/aromatic N) is 4. The Balaban J connectivity index is 1.82. The molecule has 3 heterocycles. The van der Waals surface area contributed by atoms with E-state index in [-0.39, 0.29) is 24.7 Å². The third kappa shape index (κ3) is 4.22. The van der Waals surface area contributed by atoms with E-state index in [1.807, 2.05) is 52.0 Å². The molecule has 2 aromatic heterocycles. The fourth-order valence-corrected chi connectivity index (χ4v) is 4.13. The first-order valence-corrected chi connectivity index (χ1v) is 10.8. The normalized spacial score (nSPS) is 15.9. The average Bonchev–Trinajstić information content (AvgIpc) is 3.19. The van der Waals surface area contributed by atoms with Crippen molar-refractivity contribution in [3.63, 3.8) is 0 Å². The Morgan fingerprint density at radius 3 is 2.55 bits per heavy atom. The van der Waals surface area contributed by atoms with E-state index in [2.05, 4.69) is 5.10 Å². The van der Waals surface area contributed by atoms with Crippen LogP contribution in [0.2, 0.25) is 0 Å². The summed E-state index contributed by atoms with van der Waals surface area (Å²) in [5, 5.41) is 4.39. The van der Waals surface area contributed by atoms with Crippen molar-refractivity contribution < 1.29 is 19.1 Å². The fraction of sp³-hybridized carbons (Fsp3) is 0.417. The molecule has 0 radical (unpaired) electrons. The third-order valence-corrected chi connectivity index (χ3v) is 5.74. The molecule has 0 fully saturated rings. The number of benzene rings is 1. The molecule has 174 valence electrons. The molecule has 1 atom stereocenters. The minimum atomic E-state index is -0.634. The molecule has 0 saturated heterocycles. The number of hydrogen-bond donors (Lipinski definition) is 0. The number of carbonyl (C=O) groups is 2. The Morgan fingerprint density at radius 1 is 1.24 bits per heavy atom. The van der Waals surface area contributed by atoms with Crippen LogP contribution in [0.1, 0.15) is 54.9 Å². The maximum atomic E-state index is 13.6. The van der Waals surface area contributed by atoms with Gasteiger partial charge >= 0.3 is 6.09 Å². The minimum absolute atomic E-state index is 0.167. The summed E-state index contributed by atoms with van der Waals surface area (Å²) in [5.41, 5.74) is 1.96. The van der Waals surface area contributed by atoms with Gasteiger partial charge in [0, 0.05) is 18.0 Å². The van der Waals surface area contributed by atoms with Crippen LogP contribution in [0.25, 0.3) is 5.65 Å². The Morgan fingerprint density at radius 2 is 1.94 bits per heavy atom. The van der Waals surface area contributed by atoms with E-state index in [1.165, 1.54) is 6.20 Å². The monoisotopic (exact) mass is 452 g/mol. The second-order valence-electron chi connectivity index (χ2n) is 9.28. The summed E-state index contributed by atoms with van der Waals surface area (Å²) in [4.78, 5) is 39.8. The second-order valence-corrected chi connectivity index (χ2v) is 9.28. The zero-order valence-corrected chi connectivity index (χ0v) is 19.5. The third-order valence-electron chi connectivity index (χ3n) is 5.74. The van der Waals surface area contributed by atoms with Crippen molar-refractivity contribution in [2.24, 2.45) is 0 Å². The largest absolute Gasteiger partial charge is 0.497 e. The highest BCUT2D eigenvalue weighted by Crippen LogP contribution is 2.25. The molecule has 1 aliphatic rings. The quantitative estimate of drug-likeness (QED) is 0.565. The molecule has 0 spiro atoms. The van der Waals surface area contributed by atoms with Crippen LogP contribution in [-0.2, 0) is 24.2 Å². The van der Waals surface area contributed by atoms with Crippen molar-refractivity contribution in [3.8, 4) is 5.75 Å². The van der Waals surface area contributed by atoms with Crippen molar-refractivity contribution in [2.75, 3.05) is 7.11 Å². The molecule has 9 nitrogen and oxygen atoms in total. The predicted molar refractivity (Wildman–Crippen MR) is 122 cm³/mol. The van der Waals surface area contributed by atoms with Crippen molar-refractivity contribution >= 4 is 18.0 Å². The first-order valence-electron chi connectivity index (χ1n) is 10.8.